The van der Waals surface area contributed by atoms with Gasteiger partial charge in [-0.05, 0) is 42.8 Å². The Balaban J connectivity index is 2.19. The van der Waals surface area contributed by atoms with E-state index in [1.165, 1.54) is 17.0 Å². The van der Waals surface area contributed by atoms with Crippen LogP contribution in [0.4, 0.5) is 20.2 Å². The van der Waals surface area contributed by atoms with Gasteiger partial charge in [-0.25, -0.2) is 8.78 Å². The molecule has 0 unspecified atom stereocenters. The number of hydrogen-bond acceptors (Lipinski definition) is 2. The van der Waals surface area contributed by atoms with Gasteiger partial charge in [-0.1, -0.05) is 25.1 Å². The predicted molar refractivity (Wildman–Crippen MR) is 82.9 cm³/mol. The number of halogens is 2. The van der Waals surface area contributed by atoms with Gasteiger partial charge in [0.2, 0.25) is 0 Å². The van der Waals surface area contributed by atoms with Crippen LogP contribution in [0, 0.1) is 11.6 Å². The molecule has 2 rings (SSSR count). The van der Waals surface area contributed by atoms with Gasteiger partial charge in [-0.3, -0.25) is 0 Å². The summed E-state index contributed by atoms with van der Waals surface area (Å²) in [5.74, 6) is -0.718. The van der Waals surface area contributed by atoms with Crippen LogP contribution in [-0.4, -0.2) is 13.6 Å². The minimum atomic E-state index is -0.368. The highest BCUT2D eigenvalue weighted by molar-refractivity contribution is 5.63. The average molecular weight is 290 g/mol. The Morgan fingerprint density at radius 2 is 1.71 bits per heavy atom. The van der Waals surface area contributed by atoms with Crippen LogP contribution in [0.2, 0.25) is 0 Å². The van der Waals surface area contributed by atoms with Crippen LogP contribution >= 0.6 is 0 Å². The van der Waals surface area contributed by atoms with Crippen molar-refractivity contribution in [2.24, 2.45) is 0 Å². The first kappa shape index (κ1) is 15.4. The van der Waals surface area contributed by atoms with E-state index >= 15 is 0 Å². The number of hydrogen-bond donors (Lipinski definition) is 1. The number of para-hydroxylation sites is 1. The van der Waals surface area contributed by atoms with Crippen molar-refractivity contribution in [3.05, 3.63) is 59.7 Å². The molecule has 0 saturated carbocycles. The van der Waals surface area contributed by atoms with Gasteiger partial charge in [0, 0.05) is 13.6 Å². The van der Waals surface area contributed by atoms with E-state index in [1.54, 1.807) is 31.3 Å². The van der Waals surface area contributed by atoms with E-state index in [2.05, 4.69) is 12.2 Å². The molecule has 0 atom stereocenters. The third-order valence-corrected chi connectivity index (χ3v) is 3.34. The Labute approximate surface area is 124 Å². The van der Waals surface area contributed by atoms with E-state index in [9.17, 15) is 8.78 Å². The summed E-state index contributed by atoms with van der Waals surface area (Å²) in [4.78, 5) is 1.52. The predicted octanol–water partition coefficient (Wildman–Crippen LogP) is 4.23. The Morgan fingerprint density at radius 3 is 2.38 bits per heavy atom. The van der Waals surface area contributed by atoms with Crippen molar-refractivity contribution < 1.29 is 8.78 Å². The molecule has 1 N–H and O–H groups in total. The van der Waals surface area contributed by atoms with Crippen molar-refractivity contribution in [1.29, 1.82) is 0 Å². The smallest absolute Gasteiger partial charge is 0.147 e. The van der Waals surface area contributed by atoms with Crippen molar-refractivity contribution in [3.8, 4) is 0 Å². The zero-order chi connectivity index (χ0) is 15.2. The first-order valence-electron chi connectivity index (χ1n) is 7.11. The number of anilines is 2. The fourth-order valence-electron chi connectivity index (χ4n) is 2.20. The highest BCUT2D eigenvalue weighted by Crippen LogP contribution is 2.28. The summed E-state index contributed by atoms with van der Waals surface area (Å²) in [6.07, 6.45) is 1.04. The van der Waals surface area contributed by atoms with Crippen LogP contribution in [0.15, 0.2) is 42.5 Å². The van der Waals surface area contributed by atoms with E-state index in [0.717, 1.165) is 18.5 Å². The SMILES string of the molecule is CCCNCc1ccc(N(C)c2ccccc2F)c(F)c1. The van der Waals surface area contributed by atoms with E-state index < -0.39 is 0 Å². The van der Waals surface area contributed by atoms with Gasteiger partial charge in [-0.15, -0.1) is 0 Å². The Hall–Kier alpha value is -1.94. The molecule has 0 fully saturated rings. The summed E-state index contributed by atoms with van der Waals surface area (Å²) in [7, 11) is 1.66. The molecule has 0 spiro atoms. The molecule has 112 valence electrons. The van der Waals surface area contributed by atoms with Crippen LogP contribution in [-0.2, 0) is 6.54 Å². The van der Waals surface area contributed by atoms with Gasteiger partial charge in [0.05, 0.1) is 11.4 Å². The maximum atomic E-state index is 14.2. The third-order valence-electron chi connectivity index (χ3n) is 3.34. The second kappa shape index (κ2) is 7.18. The minimum absolute atomic E-state index is 0.350. The van der Waals surface area contributed by atoms with Gasteiger partial charge >= 0.3 is 0 Å². The monoisotopic (exact) mass is 290 g/mol. The second-order valence-electron chi connectivity index (χ2n) is 4.97. The molecule has 0 aliphatic heterocycles. The molecule has 0 saturated heterocycles. The quantitative estimate of drug-likeness (QED) is 0.801. The molecule has 0 heterocycles. The normalized spacial score (nSPS) is 10.7. The Bertz CT molecular complexity index is 599. The Morgan fingerprint density at radius 1 is 1.00 bits per heavy atom. The number of rotatable bonds is 6. The first-order chi connectivity index (χ1) is 10.1. The molecule has 21 heavy (non-hydrogen) atoms. The lowest BCUT2D eigenvalue weighted by molar-refractivity contribution is 0.613. The molecule has 0 aliphatic rings. The van der Waals surface area contributed by atoms with Gasteiger partial charge in [0.25, 0.3) is 0 Å². The number of benzene rings is 2. The van der Waals surface area contributed by atoms with Crippen LogP contribution in [0.25, 0.3) is 0 Å². The number of nitrogens with zero attached hydrogens (tertiary/aromatic N) is 1. The standard InChI is InChI=1S/C17H20F2N2/c1-3-10-20-12-13-8-9-17(15(19)11-13)21(2)16-7-5-4-6-14(16)18/h4-9,11,20H,3,10,12H2,1-2H3. The Kier molecular flexibility index (Phi) is 5.28. The summed E-state index contributed by atoms with van der Waals surface area (Å²) in [5, 5.41) is 3.23. The molecular weight excluding hydrogens is 270 g/mol. The third kappa shape index (κ3) is 3.79. The maximum Gasteiger partial charge on any atom is 0.147 e. The van der Waals surface area contributed by atoms with Crippen molar-refractivity contribution in [2.75, 3.05) is 18.5 Å². The molecule has 0 aromatic heterocycles. The summed E-state index contributed by atoms with van der Waals surface area (Å²) in [6, 6.07) is 11.4. The lowest BCUT2D eigenvalue weighted by atomic mass is 10.1. The molecule has 0 aliphatic carbocycles. The van der Waals surface area contributed by atoms with E-state index in [1.807, 2.05) is 6.07 Å². The van der Waals surface area contributed by atoms with E-state index in [-0.39, 0.29) is 11.6 Å². The molecule has 4 heteroatoms. The molecule has 2 nitrogen and oxygen atoms in total. The van der Waals surface area contributed by atoms with Crippen molar-refractivity contribution in [1.82, 2.24) is 5.32 Å². The fraction of sp³-hybridized carbons (Fsp3) is 0.294. The van der Waals surface area contributed by atoms with Gasteiger partial charge < -0.3 is 10.2 Å². The number of nitrogens with one attached hydrogen (secondary N) is 1. The van der Waals surface area contributed by atoms with Crippen LogP contribution in [0.1, 0.15) is 18.9 Å². The van der Waals surface area contributed by atoms with Crippen LogP contribution in [0.3, 0.4) is 0 Å². The highest BCUT2D eigenvalue weighted by Gasteiger charge is 2.13. The lowest BCUT2D eigenvalue weighted by Crippen LogP contribution is -2.15. The molecule has 0 bridgehead atoms. The largest absolute Gasteiger partial charge is 0.340 e. The molecule has 0 radical (unpaired) electrons. The molecular formula is C17H20F2N2. The summed E-state index contributed by atoms with van der Waals surface area (Å²) in [5.41, 5.74) is 1.60. The fourth-order valence-corrected chi connectivity index (χ4v) is 2.20. The van der Waals surface area contributed by atoms with E-state index in [0.29, 0.717) is 17.9 Å². The van der Waals surface area contributed by atoms with E-state index in [4.69, 9.17) is 0 Å². The zero-order valence-corrected chi connectivity index (χ0v) is 12.4. The maximum absolute atomic E-state index is 14.2. The molecule has 2 aromatic rings. The second-order valence-corrected chi connectivity index (χ2v) is 4.97. The van der Waals surface area contributed by atoms with Crippen LogP contribution < -0.4 is 10.2 Å². The van der Waals surface area contributed by atoms with Crippen LogP contribution in [0.5, 0.6) is 0 Å². The minimum Gasteiger partial charge on any atom is -0.340 e. The van der Waals surface area contributed by atoms with Crippen molar-refractivity contribution >= 4 is 11.4 Å². The summed E-state index contributed by atoms with van der Waals surface area (Å²) < 4.78 is 28.0. The zero-order valence-electron chi connectivity index (χ0n) is 12.4. The van der Waals surface area contributed by atoms with Gasteiger partial charge in [-0.2, -0.15) is 0 Å². The first-order valence-corrected chi connectivity index (χ1v) is 7.11. The van der Waals surface area contributed by atoms with Crippen molar-refractivity contribution in [3.63, 3.8) is 0 Å². The highest BCUT2D eigenvalue weighted by atomic mass is 19.1. The molecule has 2 aromatic carbocycles. The van der Waals surface area contributed by atoms with Crippen molar-refractivity contribution in [2.45, 2.75) is 19.9 Å². The van der Waals surface area contributed by atoms with Gasteiger partial charge in [0.1, 0.15) is 11.6 Å². The molecule has 0 amide bonds. The summed E-state index contributed by atoms with van der Waals surface area (Å²) >= 11 is 0. The summed E-state index contributed by atoms with van der Waals surface area (Å²) in [6.45, 7) is 3.62. The average Bonchev–Trinajstić information content (AvgIpc) is 2.47. The lowest BCUT2D eigenvalue weighted by Gasteiger charge is -2.21. The topological polar surface area (TPSA) is 15.3 Å². The van der Waals surface area contributed by atoms with Gasteiger partial charge in [0.15, 0.2) is 0 Å².